The quantitative estimate of drug-likeness (QED) is 0.684. The minimum Gasteiger partial charge on any atom is -0.380 e. The van der Waals surface area contributed by atoms with Crippen LogP contribution >= 0.6 is 0 Å². The molecule has 1 fully saturated rings. The zero-order valence-electron chi connectivity index (χ0n) is 18.5. The molecule has 3 rings (SSSR count). The van der Waals surface area contributed by atoms with E-state index in [-0.39, 0.29) is 23.0 Å². The molecule has 0 radical (unpaired) electrons. The number of nitrogens with one attached hydrogen (secondary N) is 2. The molecule has 1 heterocycles. The molecule has 31 heavy (non-hydrogen) atoms. The molecule has 0 saturated carbocycles. The topological polar surface area (TPSA) is 87.7 Å². The maximum atomic E-state index is 12.5. The molecule has 1 saturated heterocycles. The minimum atomic E-state index is -3.76. The van der Waals surface area contributed by atoms with E-state index in [4.69, 9.17) is 4.74 Å². The van der Waals surface area contributed by atoms with Gasteiger partial charge in [0.25, 0.3) is 0 Å². The third kappa shape index (κ3) is 6.06. The summed E-state index contributed by atoms with van der Waals surface area (Å²) in [6.45, 7) is 7.63. The highest BCUT2D eigenvalue weighted by Crippen LogP contribution is 2.24. The van der Waals surface area contributed by atoms with Crippen molar-refractivity contribution in [3.05, 3.63) is 54.1 Å². The minimum absolute atomic E-state index is 0.0641. The highest BCUT2D eigenvalue weighted by Gasteiger charge is 2.22. The van der Waals surface area contributed by atoms with E-state index in [2.05, 4.69) is 35.7 Å². The van der Waals surface area contributed by atoms with E-state index < -0.39 is 15.9 Å². The first-order chi connectivity index (χ1) is 14.6. The molecule has 1 unspecified atom stereocenters. The molecule has 8 heteroatoms. The highest BCUT2D eigenvalue weighted by atomic mass is 32.2. The van der Waals surface area contributed by atoms with Crippen molar-refractivity contribution in [1.82, 2.24) is 4.72 Å². The Morgan fingerprint density at radius 2 is 1.74 bits per heavy atom. The van der Waals surface area contributed by atoms with Crippen molar-refractivity contribution in [2.45, 2.75) is 43.6 Å². The van der Waals surface area contributed by atoms with Gasteiger partial charge >= 0.3 is 0 Å². The van der Waals surface area contributed by atoms with Gasteiger partial charge in [-0.15, -0.1) is 0 Å². The molecule has 0 aliphatic carbocycles. The summed E-state index contributed by atoms with van der Waals surface area (Å²) in [6.07, 6.45) is 1.24. The van der Waals surface area contributed by atoms with Crippen LogP contribution in [0.4, 0.5) is 11.4 Å². The van der Waals surface area contributed by atoms with Crippen LogP contribution < -0.4 is 14.9 Å². The first kappa shape index (κ1) is 23.2. The van der Waals surface area contributed by atoms with Gasteiger partial charge in [0.05, 0.1) is 17.5 Å². The number of anilines is 2. The summed E-state index contributed by atoms with van der Waals surface area (Å²) in [4.78, 5) is 14.6. The van der Waals surface area contributed by atoms with Crippen molar-refractivity contribution >= 4 is 27.3 Å². The van der Waals surface area contributed by atoms with Crippen LogP contribution in [-0.4, -0.2) is 47.2 Å². The molecule has 1 atom stereocenters. The van der Waals surface area contributed by atoms with E-state index in [1.807, 2.05) is 24.3 Å². The lowest BCUT2D eigenvalue weighted by molar-refractivity contribution is -0.115. The van der Waals surface area contributed by atoms with E-state index in [9.17, 15) is 13.2 Å². The number of benzene rings is 2. The average molecular weight is 446 g/mol. The zero-order chi connectivity index (χ0) is 22.6. The van der Waals surface area contributed by atoms with Crippen molar-refractivity contribution in [3.63, 3.8) is 0 Å². The summed E-state index contributed by atoms with van der Waals surface area (Å²) in [5.74, 6) is -0.428. The normalized spacial score (nSPS) is 17.0. The number of nitrogens with zero attached hydrogens (tertiary/aromatic N) is 1. The Morgan fingerprint density at radius 1 is 1.10 bits per heavy atom. The number of amides is 1. The van der Waals surface area contributed by atoms with Gasteiger partial charge in [-0.3, -0.25) is 4.79 Å². The molecule has 2 aromatic rings. The number of hydrogen-bond donors (Lipinski definition) is 2. The monoisotopic (exact) mass is 445 g/mol. The zero-order valence-corrected chi connectivity index (χ0v) is 19.3. The molecule has 1 amide bonds. The molecule has 0 spiro atoms. The molecule has 2 aromatic carbocycles. The van der Waals surface area contributed by atoms with Gasteiger partial charge in [0.1, 0.15) is 0 Å². The van der Waals surface area contributed by atoms with Gasteiger partial charge in [0.15, 0.2) is 0 Å². The maximum absolute atomic E-state index is 12.5. The van der Waals surface area contributed by atoms with Crippen molar-refractivity contribution in [3.8, 4) is 0 Å². The van der Waals surface area contributed by atoms with Crippen LogP contribution in [0, 0.1) is 0 Å². The number of rotatable bonds is 7. The van der Waals surface area contributed by atoms with Crippen LogP contribution in [0.25, 0.3) is 0 Å². The van der Waals surface area contributed by atoms with Crippen LogP contribution in [-0.2, 0) is 25.0 Å². The Hall–Kier alpha value is -2.42. The molecular weight excluding hydrogens is 414 g/mol. The largest absolute Gasteiger partial charge is 0.380 e. The third-order valence-electron chi connectivity index (χ3n) is 5.45. The smallest absolute Gasteiger partial charge is 0.241 e. The number of sulfonamides is 1. The Kier molecular flexibility index (Phi) is 7.03. The molecule has 2 N–H and O–H groups in total. The molecule has 0 bridgehead atoms. The summed E-state index contributed by atoms with van der Waals surface area (Å²) < 4.78 is 32.7. The van der Waals surface area contributed by atoms with Gasteiger partial charge in [-0.25, -0.2) is 13.1 Å². The Bertz CT molecular complexity index is 997. The summed E-state index contributed by atoms with van der Waals surface area (Å²) in [7, 11) is -2.04. The van der Waals surface area contributed by atoms with Gasteiger partial charge < -0.3 is 15.0 Å². The first-order valence-electron chi connectivity index (χ1n) is 10.4. The Morgan fingerprint density at radius 3 is 2.29 bits per heavy atom. The van der Waals surface area contributed by atoms with Crippen molar-refractivity contribution in [2.24, 2.45) is 0 Å². The van der Waals surface area contributed by atoms with Crippen LogP contribution in [0.15, 0.2) is 53.4 Å². The predicted molar refractivity (Wildman–Crippen MR) is 123 cm³/mol. The van der Waals surface area contributed by atoms with Crippen LogP contribution in [0.3, 0.4) is 0 Å². The average Bonchev–Trinajstić information content (AvgIpc) is 3.22. The van der Waals surface area contributed by atoms with Crippen LogP contribution in [0.5, 0.6) is 0 Å². The predicted octanol–water partition coefficient (Wildman–Crippen LogP) is 3.13. The fourth-order valence-corrected chi connectivity index (χ4v) is 4.48. The third-order valence-corrected chi connectivity index (χ3v) is 6.87. The highest BCUT2D eigenvalue weighted by molar-refractivity contribution is 7.89. The molecular formula is C23H31N3O4S. The van der Waals surface area contributed by atoms with E-state index >= 15 is 0 Å². The fraction of sp³-hybridized carbons (Fsp3) is 0.435. The lowest BCUT2D eigenvalue weighted by Gasteiger charge is -2.19. The molecule has 168 valence electrons. The summed E-state index contributed by atoms with van der Waals surface area (Å²) in [6, 6.07) is 14.2. The van der Waals surface area contributed by atoms with Crippen LogP contribution in [0.1, 0.15) is 32.8 Å². The number of carbonyl (C=O) groups is 1. The first-order valence-corrected chi connectivity index (χ1v) is 11.8. The van der Waals surface area contributed by atoms with Gasteiger partial charge in [0.2, 0.25) is 15.9 Å². The summed E-state index contributed by atoms with van der Waals surface area (Å²) >= 11 is 0. The second-order valence-electron chi connectivity index (χ2n) is 8.79. The second kappa shape index (κ2) is 9.38. The van der Waals surface area contributed by atoms with Gasteiger partial charge in [0, 0.05) is 31.6 Å². The molecule has 0 aromatic heterocycles. The van der Waals surface area contributed by atoms with Crippen molar-refractivity contribution < 1.29 is 17.9 Å². The summed E-state index contributed by atoms with van der Waals surface area (Å²) in [5, 5.41) is 2.72. The van der Waals surface area contributed by atoms with Gasteiger partial charge in [-0.1, -0.05) is 32.9 Å². The number of carbonyl (C=O) groups excluding carboxylic acids is 1. The summed E-state index contributed by atoms with van der Waals surface area (Å²) in [5.41, 5.74) is 2.66. The molecule has 1 aliphatic heterocycles. The Labute approximate surface area is 184 Å². The van der Waals surface area contributed by atoms with Crippen molar-refractivity contribution in [1.29, 1.82) is 0 Å². The van der Waals surface area contributed by atoms with Crippen LogP contribution in [0.2, 0.25) is 0 Å². The SMILES string of the molecule is COC1CCN(c2ccc(NC(=O)CNS(=O)(=O)c3ccc(C(C)(C)C)cc3)cc2)C1. The van der Waals surface area contributed by atoms with Gasteiger partial charge in [-0.05, 0) is 53.8 Å². The lowest BCUT2D eigenvalue weighted by Crippen LogP contribution is -2.33. The van der Waals surface area contributed by atoms with Crippen molar-refractivity contribution in [2.75, 3.05) is 37.0 Å². The van der Waals surface area contributed by atoms with E-state index in [1.165, 1.54) is 0 Å². The van der Waals surface area contributed by atoms with Gasteiger partial charge in [-0.2, -0.15) is 0 Å². The standard InChI is InChI=1S/C23H31N3O4S/c1-23(2,3)17-5-11-21(12-6-17)31(28,29)24-15-22(27)25-18-7-9-19(10-8-18)26-14-13-20(16-26)30-4/h5-12,20,24H,13-16H2,1-4H3,(H,25,27). The molecule has 1 aliphatic rings. The number of ether oxygens (including phenoxy) is 1. The number of hydrogen-bond acceptors (Lipinski definition) is 5. The lowest BCUT2D eigenvalue weighted by atomic mass is 9.87. The number of methoxy groups -OCH3 is 1. The Balaban J connectivity index is 1.53. The fourth-order valence-electron chi connectivity index (χ4n) is 3.49. The van der Waals surface area contributed by atoms with E-state index in [0.717, 1.165) is 30.8 Å². The maximum Gasteiger partial charge on any atom is 0.241 e. The molecule has 7 nitrogen and oxygen atoms in total. The van der Waals surface area contributed by atoms with E-state index in [1.54, 1.807) is 31.4 Å². The second-order valence-corrected chi connectivity index (χ2v) is 10.6. The van der Waals surface area contributed by atoms with E-state index in [0.29, 0.717) is 5.69 Å².